The van der Waals surface area contributed by atoms with Gasteiger partial charge in [-0.05, 0) is 28.3 Å². The molecule has 4 aromatic rings. The Morgan fingerprint density at radius 3 is 1.76 bits per heavy atom. The molecule has 0 fully saturated rings. The molecule has 0 aliphatic carbocycles. The Hall–Kier alpha value is -3.31. The number of aromatic nitrogens is 4. The Labute approximate surface area is 196 Å². The van der Waals surface area contributed by atoms with E-state index in [0.29, 0.717) is 12.2 Å². The summed E-state index contributed by atoms with van der Waals surface area (Å²) in [5.41, 5.74) is 2.37. The summed E-state index contributed by atoms with van der Waals surface area (Å²) < 4.78 is 0. The molecule has 33 heavy (non-hydrogen) atoms. The highest BCUT2D eigenvalue weighted by atomic mass is 16.3. The quantitative estimate of drug-likeness (QED) is 0.251. The van der Waals surface area contributed by atoms with Gasteiger partial charge in [0.25, 0.3) is 0 Å². The number of nitrogens with zero attached hydrogens (tertiary/aromatic N) is 4. The van der Waals surface area contributed by atoms with Crippen molar-refractivity contribution in [3.8, 4) is 0 Å². The first-order chi connectivity index (χ1) is 16.2. The lowest BCUT2D eigenvalue weighted by Gasteiger charge is -2.34. The molecule has 4 rings (SSSR count). The first kappa shape index (κ1) is 22.9. The zero-order valence-corrected chi connectivity index (χ0v) is 19.2. The molecule has 1 unspecified atom stereocenters. The van der Waals surface area contributed by atoms with Gasteiger partial charge >= 0.3 is 0 Å². The summed E-state index contributed by atoms with van der Waals surface area (Å²) in [6.45, 7) is 2.19. The van der Waals surface area contributed by atoms with Crippen LogP contribution in [0.5, 0.6) is 0 Å². The van der Waals surface area contributed by atoms with E-state index in [1.54, 1.807) is 4.80 Å². The molecule has 5 nitrogen and oxygen atoms in total. The number of tetrazole rings is 1. The predicted octanol–water partition coefficient (Wildman–Crippen LogP) is 5.39. The molecule has 5 heteroatoms. The van der Waals surface area contributed by atoms with Crippen molar-refractivity contribution in [3.05, 3.63) is 114 Å². The number of aliphatic hydroxyl groups excluding tert-OH is 1. The SMILES string of the molecule is CCCCCCC(O)Cc1nnn(C(c2ccccc2)(c2ccccc2)c2ccccc2)n1. The van der Waals surface area contributed by atoms with Gasteiger partial charge in [0.1, 0.15) is 0 Å². The van der Waals surface area contributed by atoms with Gasteiger partial charge in [-0.15, -0.1) is 15.0 Å². The van der Waals surface area contributed by atoms with E-state index in [0.717, 1.165) is 36.0 Å². The van der Waals surface area contributed by atoms with Crippen molar-refractivity contribution in [1.29, 1.82) is 0 Å². The van der Waals surface area contributed by atoms with Crippen LogP contribution < -0.4 is 0 Å². The van der Waals surface area contributed by atoms with Crippen molar-refractivity contribution in [1.82, 2.24) is 20.2 Å². The van der Waals surface area contributed by atoms with Gasteiger partial charge in [-0.25, -0.2) is 0 Å². The Morgan fingerprint density at radius 2 is 1.27 bits per heavy atom. The van der Waals surface area contributed by atoms with Gasteiger partial charge < -0.3 is 5.11 Å². The van der Waals surface area contributed by atoms with Gasteiger partial charge in [-0.1, -0.05) is 124 Å². The van der Waals surface area contributed by atoms with E-state index in [1.807, 2.05) is 54.6 Å². The zero-order chi connectivity index (χ0) is 22.9. The van der Waals surface area contributed by atoms with Gasteiger partial charge in [0, 0.05) is 6.42 Å². The number of benzene rings is 3. The highest BCUT2D eigenvalue weighted by Crippen LogP contribution is 2.39. The summed E-state index contributed by atoms with van der Waals surface area (Å²) in [6.07, 6.45) is 5.26. The summed E-state index contributed by atoms with van der Waals surface area (Å²) >= 11 is 0. The maximum atomic E-state index is 10.5. The molecular formula is C28H32N4O. The third-order valence-electron chi connectivity index (χ3n) is 6.14. The largest absolute Gasteiger partial charge is 0.393 e. The van der Waals surface area contributed by atoms with E-state index in [2.05, 4.69) is 53.6 Å². The topological polar surface area (TPSA) is 63.8 Å². The minimum absolute atomic E-state index is 0.403. The number of unbranched alkanes of at least 4 members (excludes halogenated alkanes) is 3. The molecule has 170 valence electrons. The first-order valence-corrected chi connectivity index (χ1v) is 11.9. The average molecular weight is 441 g/mol. The van der Waals surface area contributed by atoms with Crippen molar-refractivity contribution in [3.63, 3.8) is 0 Å². The predicted molar refractivity (Wildman–Crippen MR) is 131 cm³/mol. The third-order valence-corrected chi connectivity index (χ3v) is 6.14. The zero-order valence-electron chi connectivity index (χ0n) is 19.2. The summed E-state index contributed by atoms with van der Waals surface area (Å²) in [6, 6.07) is 30.9. The van der Waals surface area contributed by atoms with E-state index in [-0.39, 0.29) is 0 Å². The van der Waals surface area contributed by atoms with E-state index in [9.17, 15) is 5.11 Å². The second-order valence-corrected chi connectivity index (χ2v) is 8.51. The summed E-state index contributed by atoms with van der Waals surface area (Å²) in [7, 11) is 0. The van der Waals surface area contributed by atoms with Gasteiger partial charge in [0.05, 0.1) is 6.10 Å². The van der Waals surface area contributed by atoms with E-state index in [4.69, 9.17) is 5.10 Å². The fourth-order valence-electron chi connectivity index (χ4n) is 4.47. The normalized spacial score (nSPS) is 12.5. The number of aliphatic hydroxyl groups is 1. The van der Waals surface area contributed by atoms with Crippen LogP contribution in [0.25, 0.3) is 0 Å². The third kappa shape index (κ3) is 5.04. The minimum Gasteiger partial charge on any atom is -0.393 e. The summed E-state index contributed by atoms with van der Waals surface area (Å²) in [4.78, 5) is 1.71. The van der Waals surface area contributed by atoms with Crippen LogP contribution in [0.1, 0.15) is 61.5 Å². The lowest BCUT2D eigenvalue weighted by atomic mass is 9.77. The number of hydrogen-bond donors (Lipinski definition) is 1. The number of rotatable bonds is 11. The minimum atomic E-state index is -0.777. The van der Waals surface area contributed by atoms with E-state index in [1.165, 1.54) is 12.8 Å². The molecular weight excluding hydrogens is 408 g/mol. The second kappa shape index (κ2) is 11.0. The van der Waals surface area contributed by atoms with Crippen LogP contribution in [0.4, 0.5) is 0 Å². The van der Waals surface area contributed by atoms with Gasteiger partial charge in [-0.2, -0.15) is 0 Å². The van der Waals surface area contributed by atoms with Crippen molar-refractivity contribution >= 4 is 0 Å². The Bertz CT molecular complexity index is 1000. The van der Waals surface area contributed by atoms with Crippen LogP contribution in [-0.4, -0.2) is 31.4 Å². The van der Waals surface area contributed by atoms with Gasteiger partial charge in [0.2, 0.25) is 0 Å². The molecule has 0 saturated heterocycles. The fourth-order valence-corrected chi connectivity index (χ4v) is 4.47. The van der Waals surface area contributed by atoms with Gasteiger partial charge in [0.15, 0.2) is 11.4 Å². The van der Waals surface area contributed by atoms with Crippen LogP contribution in [0.2, 0.25) is 0 Å². The highest BCUT2D eigenvalue weighted by molar-refractivity contribution is 5.49. The maximum absolute atomic E-state index is 10.5. The fraction of sp³-hybridized carbons (Fsp3) is 0.321. The lowest BCUT2D eigenvalue weighted by molar-refractivity contribution is 0.158. The maximum Gasteiger partial charge on any atom is 0.177 e. The Morgan fingerprint density at radius 1 is 0.758 bits per heavy atom. The molecule has 1 aromatic heterocycles. The molecule has 0 amide bonds. The molecule has 3 aromatic carbocycles. The van der Waals surface area contributed by atoms with Crippen molar-refractivity contribution in [2.45, 2.75) is 57.1 Å². The monoisotopic (exact) mass is 440 g/mol. The van der Waals surface area contributed by atoms with Crippen LogP contribution in [0.15, 0.2) is 91.0 Å². The Kier molecular flexibility index (Phi) is 7.63. The molecule has 1 N–H and O–H groups in total. The van der Waals surface area contributed by atoms with Crippen LogP contribution in [0.3, 0.4) is 0 Å². The Balaban J connectivity index is 1.76. The summed E-state index contributed by atoms with van der Waals surface area (Å²) in [5.74, 6) is 0.560. The lowest BCUT2D eigenvalue weighted by Crippen LogP contribution is -2.39. The molecule has 0 bridgehead atoms. The second-order valence-electron chi connectivity index (χ2n) is 8.51. The number of hydrogen-bond acceptors (Lipinski definition) is 4. The molecule has 1 atom stereocenters. The molecule has 1 heterocycles. The molecule has 0 radical (unpaired) electrons. The van der Waals surface area contributed by atoms with E-state index < -0.39 is 11.6 Å². The van der Waals surface area contributed by atoms with Crippen molar-refractivity contribution in [2.75, 3.05) is 0 Å². The highest BCUT2D eigenvalue weighted by Gasteiger charge is 2.41. The van der Waals surface area contributed by atoms with Gasteiger partial charge in [-0.3, -0.25) is 0 Å². The van der Waals surface area contributed by atoms with E-state index >= 15 is 0 Å². The average Bonchev–Trinajstić information content (AvgIpc) is 3.33. The first-order valence-electron chi connectivity index (χ1n) is 11.9. The summed E-state index contributed by atoms with van der Waals surface area (Å²) in [5, 5.41) is 24.3. The molecule has 0 saturated carbocycles. The van der Waals surface area contributed by atoms with Crippen molar-refractivity contribution < 1.29 is 5.11 Å². The molecule has 0 spiro atoms. The van der Waals surface area contributed by atoms with Crippen LogP contribution in [0, 0.1) is 0 Å². The van der Waals surface area contributed by atoms with Crippen LogP contribution >= 0.6 is 0 Å². The molecule has 0 aliphatic rings. The van der Waals surface area contributed by atoms with Crippen molar-refractivity contribution in [2.24, 2.45) is 0 Å². The van der Waals surface area contributed by atoms with Crippen LogP contribution in [-0.2, 0) is 12.0 Å². The standard InChI is InChI=1S/C28H32N4O/c1-2-3-4-14-21-26(33)22-27-29-31-32(30-27)28(23-15-8-5-9-16-23,24-17-10-6-11-18-24)25-19-12-7-13-20-25/h5-13,15-20,26,33H,2-4,14,21-22H2,1H3. The molecule has 0 aliphatic heterocycles. The smallest absolute Gasteiger partial charge is 0.177 e.